The Bertz CT molecular complexity index is 969. The summed E-state index contributed by atoms with van der Waals surface area (Å²) in [6.45, 7) is 2.42. The van der Waals surface area contributed by atoms with Crippen LogP contribution in [-0.4, -0.2) is 69.1 Å². The van der Waals surface area contributed by atoms with Crippen molar-refractivity contribution in [2.45, 2.75) is 18.8 Å². The SMILES string of the molecule is COc1ccc(C(=O)N2C[C@H](C(=O)N3CCCC3)[C@@H](c3ccc(OC)cc3OC)C2)cc1. The van der Waals surface area contributed by atoms with E-state index in [0.717, 1.165) is 31.5 Å². The molecule has 0 bridgehead atoms. The first kappa shape index (κ1) is 22.0. The van der Waals surface area contributed by atoms with Crippen LogP contribution in [0.4, 0.5) is 0 Å². The lowest BCUT2D eigenvalue weighted by Gasteiger charge is -2.25. The number of hydrogen-bond donors (Lipinski definition) is 0. The number of amides is 2. The standard InChI is InChI=1S/C25H30N2O5/c1-30-18-8-6-17(7-9-18)24(28)27-15-21(20-11-10-19(31-2)14-23(20)32-3)22(16-27)25(29)26-12-4-5-13-26/h6-11,14,21-22H,4-5,12-13,15-16H2,1-3H3/t21-,22+/m1/s1. The minimum absolute atomic E-state index is 0.0816. The number of hydrogen-bond acceptors (Lipinski definition) is 5. The Morgan fingerprint density at radius 2 is 1.47 bits per heavy atom. The van der Waals surface area contributed by atoms with Gasteiger partial charge in [-0.05, 0) is 43.2 Å². The fourth-order valence-corrected chi connectivity index (χ4v) is 4.75. The molecule has 0 aromatic heterocycles. The van der Waals surface area contributed by atoms with Crippen molar-refractivity contribution in [3.63, 3.8) is 0 Å². The van der Waals surface area contributed by atoms with E-state index in [9.17, 15) is 9.59 Å². The monoisotopic (exact) mass is 438 g/mol. The number of rotatable bonds is 6. The lowest BCUT2D eigenvalue weighted by Crippen LogP contribution is -2.37. The third-order valence-corrected chi connectivity index (χ3v) is 6.52. The number of carbonyl (C=O) groups excluding carboxylic acids is 2. The van der Waals surface area contributed by atoms with Crippen molar-refractivity contribution in [3.8, 4) is 17.2 Å². The molecule has 2 aromatic carbocycles. The van der Waals surface area contributed by atoms with Crippen LogP contribution < -0.4 is 14.2 Å². The van der Waals surface area contributed by atoms with Crippen LogP contribution in [0, 0.1) is 5.92 Å². The van der Waals surface area contributed by atoms with Crippen LogP contribution in [0.2, 0.25) is 0 Å². The number of carbonyl (C=O) groups is 2. The van der Waals surface area contributed by atoms with Gasteiger partial charge in [-0.15, -0.1) is 0 Å². The van der Waals surface area contributed by atoms with Gasteiger partial charge in [-0.25, -0.2) is 0 Å². The van der Waals surface area contributed by atoms with Crippen molar-refractivity contribution < 1.29 is 23.8 Å². The molecule has 2 aliphatic rings. The highest BCUT2D eigenvalue weighted by molar-refractivity contribution is 5.95. The van der Waals surface area contributed by atoms with E-state index in [1.165, 1.54) is 0 Å². The first-order valence-corrected chi connectivity index (χ1v) is 11.0. The zero-order valence-electron chi connectivity index (χ0n) is 18.9. The predicted octanol–water partition coefficient (Wildman–Crippen LogP) is 3.19. The summed E-state index contributed by atoms with van der Waals surface area (Å²) in [6, 6.07) is 12.7. The topological polar surface area (TPSA) is 68.3 Å². The lowest BCUT2D eigenvalue weighted by molar-refractivity contribution is -0.134. The Balaban J connectivity index is 1.64. The number of nitrogens with zero attached hydrogens (tertiary/aromatic N) is 2. The van der Waals surface area contributed by atoms with Crippen LogP contribution in [0.25, 0.3) is 0 Å². The number of likely N-dealkylation sites (tertiary alicyclic amines) is 2. The predicted molar refractivity (Wildman–Crippen MR) is 120 cm³/mol. The highest BCUT2D eigenvalue weighted by atomic mass is 16.5. The number of methoxy groups -OCH3 is 3. The van der Waals surface area contributed by atoms with E-state index in [-0.39, 0.29) is 23.7 Å². The van der Waals surface area contributed by atoms with Crippen LogP contribution in [0.3, 0.4) is 0 Å². The molecule has 7 nitrogen and oxygen atoms in total. The summed E-state index contributed by atoms with van der Waals surface area (Å²) in [7, 11) is 4.82. The molecule has 0 saturated carbocycles. The van der Waals surface area contributed by atoms with E-state index in [4.69, 9.17) is 14.2 Å². The molecule has 4 rings (SSSR count). The Labute approximate surface area is 188 Å². The van der Waals surface area contributed by atoms with Crippen LogP contribution in [0.1, 0.15) is 34.7 Å². The maximum atomic E-state index is 13.4. The normalized spacial score (nSPS) is 20.3. The van der Waals surface area contributed by atoms with Crippen molar-refractivity contribution in [1.29, 1.82) is 0 Å². The molecule has 0 radical (unpaired) electrons. The van der Waals surface area contributed by atoms with Gasteiger partial charge in [-0.2, -0.15) is 0 Å². The van der Waals surface area contributed by atoms with E-state index in [2.05, 4.69) is 0 Å². The van der Waals surface area contributed by atoms with Gasteiger partial charge in [-0.3, -0.25) is 9.59 Å². The summed E-state index contributed by atoms with van der Waals surface area (Å²) in [5, 5.41) is 0. The Kier molecular flexibility index (Phi) is 6.53. The maximum absolute atomic E-state index is 13.4. The van der Waals surface area contributed by atoms with Crippen LogP contribution in [0.5, 0.6) is 17.2 Å². The fourth-order valence-electron chi connectivity index (χ4n) is 4.75. The molecule has 0 aliphatic carbocycles. The van der Waals surface area contributed by atoms with Gasteiger partial charge in [0.1, 0.15) is 17.2 Å². The van der Waals surface area contributed by atoms with E-state index >= 15 is 0 Å². The zero-order chi connectivity index (χ0) is 22.7. The minimum Gasteiger partial charge on any atom is -0.497 e. The molecule has 0 spiro atoms. The van der Waals surface area contributed by atoms with Gasteiger partial charge in [0.05, 0.1) is 27.2 Å². The lowest BCUT2D eigenvalue weighted by atomic mass is 9.87. The average molecular weight is 439 g/mol. The van der Waals surface area contributed by atoms with Gasteiger partial charge in [-0.1, -0.05) is 6.07 Å². The molecule has 2 fully saturated rings. The van der Waals surface area contributed by atoms with Gasteiger partial charge >= 0.3 is 0 Å². The molecular formula is C25H30N2O5. The van der Waals surface area contributed by atoms with Gasteiger partial charge in [0, 0.05) is 49.3 Å². The molecule has 2 amide bonds. The number of benzene rings is 2. The van der Waals surface area contributed by atoms with E-state index < -0.39 is 0 Å². The Hall–Kier alpha value is -3.22. The Morgan fingerprint density at radius 3 is 2.09 bits per heavy atom. The van der Waals surface area contributed by atoms with E-state index in [1.54, 1.807) is 50.5 Å². The summed E-state index contributed by atoms with van der Waals surface area (Å²) in [5.74, 6) is 1.65. The van der Waals surface area contributed by atoms with Crippen molar-refractivity contribution in [3.05, 3.63) is 53.6 Å². The summed E-state index contributed by atoms with van der Waals surface area (Å²) >= 11 is 0. The van der Waals surface area contributed by atoms with Crippen molar-refractivity contribution in [2.24, 2.45) is 5.92 Å². The molecule has 0 unspecified atom stereocenters. The van der Waals surface area contributed by atoms with Crippen molar-refractivity contribution in [1.82, 2.24) is 9.80 Å². The van der Waals surface area contributed by atoms with Crippen LogP contribution >= 0.6 is 0 Å². The second-order valence-corrected chi connectivity index (χ2v) is 8.29. The van der Waals surface area contributed by atoms with Crippen LogP contribution in [0.15, 0.2) is 42.5 Å². The zero-order valence-corrected chi connectivity index (χ0v) is 18.9. The first-order valence-electron chi connectivity index (χ1n) is 11.0. The third kappa shape index (κ3) is 4.24. The first-order chi connectivity index (χ1) is 15.5. The van der Waals surface area contributed by atoms with Crippen LogP contribution in [-0.2, 0) is 4.79 Å². The molecule has 7 heteroatoms. The maximum Gasteiger partial charge on any atom is 0.253 e. The van der Waals surface area contributed by atoms with Crippen molar-refractivity contribution >= 4 is 11.8 Å². The molecule has 32 heavy (non-hydrogen) atoms. The highest BCUT2D eigenvalue weighted by Crippen LogP contribution is 2.40. The smallest absolute Gasteiger partial charge is 0.253 e. The molecular weight excluding hydrogens is 408 g/mol. The molecule has 2 aliphatic heterocycles. The minimum atomic E-state index is -0.308. The highest BCUT2D eigenvalue weighted by Gasteiger charge is 2.43. The summed E-state index contributed by atoms with van der Waals surface area (Å²) in [5.41, 5.74) is 1.51. The Morgan fingerprint density at radius 1 is 0.812 bits per heavy atom. The summed E-state index contributed by atoms with van der Waals surface area (Å²) in [6.07, 6.45) is 2.06. The largest absolute Gasteiger partial charge is 0.497 e. The molecule has 2 aromatic rings. The molecule has 0 N–H and O–H groups in total. The van der Waals surface area contributed by atoms with E-state index in [0.29, 0.717) is 35.9 Å². The second-order valence-electron chi connectivity index (χ2n) is 8.29. The molecule has 2 saturated heterocycles. The van der Waals surface area contributed by atoms with Gasteiger partial charge in [0.2, 0.25) is 5.91 Å². The average Bonchev–Trinajstić information content (AvgIpc) is 3.53. The van der Waals surface area contributed by atoms with Gasteiger partial charge in [0.15, 0.2) is 0 Å². The summed E-state index contributed by atoms with van der Waals surface area (Å²) in [4.78, 5) is 30.5. The summed E-state index contributed by atoms with van der Waals surface area (Å²) < 4.78 is 16.2. The molecule has 2 atom stereocenters. The third-order valence-electron chi connectivity index (χ3n) is 6.52. The molecule has 170 valence electrons. The van der Waals surface area contributed by atoms with Crippen molar-refractivity contribution in [2.75, 3.05) is 47.5 Å². The molecule has 2 heterocycles. The second kappa shape index (κ2) is 9.51. The number of ether oxygens (including phenoxy) is 3. The van der Waals surface area contributed by atoms with Gasteiger partial charge < -0.3 is 24.0 Å². The fraction of sp³-hybridized carbons (Fsp3) is 0.440. The van der Waals surface area contributed by atoms with E-state index in [1.807, 2.05) is 23.1 Å². The van der Waals surface area contributed by atoms with Gasteiger partial charge in [0.25, 0.3) is 5.91 Å². The quantitative estimate of drug-likeness (QED) is 0.693.